The number of benzene rings is 1. The van der Waals surface area contributed by atoms with Crippen molar-refractivity contribution in [2.24, 2.45) is 0 Å². The molecule has 2 amide bonds. The highest BCUT2D eigenvalue weighted by Crippen LogP contribution is 2.22. The molecule has 1 N–H and O–H groups in total. The van der Waals surface area contributed by atoms with E-state index in [-0.39, 0.29) is 17.6 Å². The summed E-state index contributed by atoms with van der Waals surface area (Å²) in [4.78, 5) is 25.8. The number of nitrogens with one attached hydrogen (secondary N) is 1. The minimum absolute atomic E-state index is 0.130. The van der Waals surface area contributed by atoms with Crippen LogP contribution >= 0.6 is 23.4 Å². The van der Waals surface area contributed by atoms with E-state index >= 15 is 0 Å². The van der Waals surface area contributed by atoms with Crippen molar-refractivity contribution in [2.75, 3.05) is 29.9 Å². The molecule has 1 fully saturated rings. The van der Waals surface area contributed by atoms with Gasteiger partial charge in [-0.2, -0.15) is 0 Å². The summed E-state index contributed by atoms with van der Waals surface area (Å²) in [7, 11) is 0. The molecule has 1 saturated heterocycles. The molecular weight excluding hydrogens is 320 g/mol. The van der Waals surface area contributed by atoms with Crippen LogP contribution in [0.1, 0.15) is 24.8 Å². The van der Waals surface area contributed by atoms with Gasteiger partial charge in [0.1, 0.15) is 0 Å². The largest absolute Gasteiger partial charge is 0.342 e. The second-order valence-electron chi connectivity index (χ2n) is 5.47. The zero-order valence-electron chi connectivity index (χ0n) is 12.7. The van der Waals surface area contributed by atoms with E-state index in [1.165, 1.54) is 18.2 Å². The van der Waals surface area contributed by atoms with Gasteiger partial charge in [-0.15, -0.1) is 11.8 Å². The van der Waals surface area contributed by atoms with Crippen molar-refractivity contribution in [2.45, 2.75) is 26.2 Å². The highest BCUT2D eigenvalue weighted by Gasteiger charge is 2.16. The minimum atomic E-state index is -0.137. The maximum absolute atomic E-state index is 12.0. The Morgan fingerprint density at radius 3 is 2.64 bits per heavy atom. The smallest absolute Gasteiger partial charge is 0.234 e. The molecule has 0 aromatic heterocycles. The molecule has 0 spiro atoms. The number of hydrogen-bond donors (Lipinski definition) is 1. The Kier molecular flexibility index (Phi) is 6.58. The van der Waals surface area contributed by atoms with Crippen molar-refractivity contribution < 1.29 is 9.59 Å². The number of rotatable bonds is 5. The molecule has 0 unspecified atom stereocenters. The first-order chi connectivity index (χ1) is 10.6. The monoisotopic (exact) mass is 340 g/mol. The van der Waals surface area contributed by atoms with Crippen molar-refractivity contribution in [3.63, 3.8) is 0 Å². The summed E-state index contributed by atoms with van der Waals surface area (Å²) >= 11 is 7.42. The highest BCUT2D eigenvalue weighted by atomic mass is 35.5. The number of carbonyl (C=O) groups excluding carboxylic acids is 2. The molecule has 0 bridgehead atoms. The molecule has 6 heteroatoms. The lowest BCUT2D eigenvalue weighted by atomic mass is 10.1. The summed E-state index contributed by atoms with van der Waals surface area (Å²) in [5.41, 5.74) is 1.66. The fourth-order valence-electron chi connectivity index (χ4n) is 2.37. The van der Waals surface area contributed by atoms with Crippen molar-refractivity contribution in [3.05, 3.63) is 28.8 Å². The molecule has 1 aromatic rings. The third-order valence-corrected chi connectivity index (χ3v) is 4.80. The van der Waals surface area contributed by atoms with Crippen molar-refractivity contribution in [1.29, 1.82) is 0 Å². The predicted octanol–water partition coefficient (Wildman–Crippen LogP) is 3.33. The fraction of sp³-hybridized carbons (Fsp3) is 0.500. The average molecular weight is 341 g/mol. The van der Waals surface area contributed by atoms with Gasteiger partial charge < -0.3 is 10.2 Å². The van der Waals surface area contributed by atoms with Crippen molar-refractivity contribution in [3.8, 4) is 0 Å². The summed E-state index contributed by atoms with van der Waals surface area (Å²) in [5.74, 6) is 0.604. The first-order valence-electron chi connectivity index (χ1n) is 7.48. The third kappa shape index (κ3) is 5.21. The van der Waals surface area contributed by atoms with Gasteiger partial charge in [0.25, 0.3) is 0 Å². The van der Waals surface area contributed by atoms with Crippen LogP contribution in [-0.4, -0.2) is 41.3 Å². The maximum atomic E-state index is 12.0. The van der Waals surface area contributed by atoms with Crippen LogP contribution in [0.5, 0.6) is 0 Å². The number of aryl methyl sites for hydroxylation is 1. The molecule has 22 heavy (non-hydrogen) atoms. The van der Waals surface area contributed by atoms with Gasteiger partial charge >= 0.3 is 0 Å². The Balaban J connectivity index is 1.72. The lowest BCUT2D eigenvalue weighted by molar-refractivity contribution is -0.129. The molecule has 2 rings (SSSR count). The Morgan fingerprint density at radius 1 is 1.23 bits per heavy atom. The summed E-state index contributed by atoms with van der Waals surface area (Å²) in [6.45, 7) is 3.65. The van der Waals surface area contributed by atoms with E-state index in [2.05, 4.69) is 5.32 Å². The molecule has 0 atom stereocenters. The van der Waals surface area contributed by atoms with E-state index in [0.29, 0.717) is 16.5 Å². The van der Waals surface area contributed by atoms with Crippen LogP contribution in [0, 0.1) is 6.92 Å². The zero-order valence-corrected chi connectivity index (χ0v) is 14.3. The molecule has 120 valence electrons. The quantitative estimate of drug-likeness (QED) is 0.894. The number of likely N-dealkylation sites (tertiary alicyclic amines) is 1. The van der Waals surface area contributed by atoms with Gasteiger partial charge in [0.2, 0.25) is 11.8 Å². The number of hydrogen-bond acceptors (Lipinski definition) is 3. The van der Waals surface area contributed by atoms with Crippen LogP contribution in [0.15, 0.2) is 18.2 Å². The van der Waals surface area contributed by atoms with E-state index < -0.39 is 0 Å². The zero-order chi connectivity index (χ0) is 15.9. The number of thioether (sulfide) groups is 1. The number of anilines is 1. The van der Waals surface area contributed by atoms with Crippen molar-refractivity contribution in [1.82, 2.24) is 4.90 Å². The van der Waals surface area contributed by atoms with Gasteiger partial charge in [0, 0.05) is 13.1 Å². The topological polar surface area (TPSA) is 49.4 Å². The first-order valence-corrected chi connectivity index (χ1v) is 9.01. The molecule has 0 aliphatic carbocycles. The van der Waals surface area contributed by atoms with E-state index in [9.17, 15) is 9.59 Å². The molecule has 1 aliphatic rings. The summed E-state index contributed by atoms with van der Waals surface area (Å²) in [6, 6.07) is 5.50. The predicted molar refractivity (Wildman–Crippen MR) is 92.6 cm³/mol. The molecule has 1 aromatic carbocycles. The van der Waals surface area contributed by atoms with E-state index in [1.807, 2.05) is 24.0 Å². The SMILES string of the molecule is Cc1ccc(NC(=O)CSCC(=O)N2CCCCC2)c(Cl)c1. The van der Waals surface area contributed by atoms with Crippen LogP contribution in [0.25, 0.3) is 0 Å². The van der Waals surface area contributed by atoms with E-state index in [1.54, 1.807) is 6.07 Å². The van der Waals surface area contributed by atoms with Crippen LogP contribution < -0.4 is 5.32 Å². The Hall–Kier alpha value is -1.20. The molecule has 0 saturated carbocycles. The lowest BCUT2D eigenvalue weighted by Crippen LogP contribution is -2.37. The first kappa shape index (κ1) is 17.2. The van der Waals surface area contributed by atoms with Crippen molar-refractivity contribution >= 4 is 40.9 Å². The molecular formula is C16H21ClN2O2S. The Labute approximate surface area is 140 Å². The van der Waals surface area contributed by atoms with Crippen LogP contribution in [0.3, 0.4) is 0 Å². The standard InChI is InChI=1S/C16H21ClN2O2S/c1-12-5-6-14(13(17)9-12)18-15(20)10-22-11-16(21)19-7-3-2-4-8-19/h5-6,9H,2-4,7-8,10-11H2,1H3,(H,18,20). The van der Waals surface area contributed by atoms with Gasteiger partial charge in [-0.05, 0) is 43.9 Å². The van der Waals surface area contributed by atoms with Gasteiger partial charge in [-0.1, -0.05) is 17.7 Å². The second-order valence-corrected chi connectivity index (χ2v) is 6.86. The number of piperidine rings is 1. The molecule has 1 heterocycles. The fourth-order valence-corrected chi connectivity index (χ4v) is 3.37. The number of halogens is 1. The number of carbonyl (C=O) groups is 2. The molecule has 1 aliphatic heterocycles. The van der Waals surface area contributed by atoms with Crippen LogP contribution in [-0.2, 0) is 9.59 Å². The Morgan fingerprint density at radius 2 is 1.95 bits per heavy atom. The highest BCUT2D eigenvalue weighted by molar-refractivity contribution is 8.00. The molecule has 0 radical (unpaired) electrons. The number of amides is 2. The normalized spacial score (nSPS) is 14.7. The minimum Gasteiger partial charge on any atom is -0.342 e. The average Bonchev–Trinajstić information content (AvgIpc) is 2.51. The summed E-state index contributed by atoms with van der Waals surface area (Å²) in [5, 5.41) is 3.30. The van der Waals surface area contributed by atoms with Gasteiger partial charge in [-0.25, -0.2) is 0 Å². The van der Waals surface area contributed by atoms with Gasteiger partial charge in [0.05, 0.1) is 22.2 Å². The van der Waals surface area contributed by atoms with E-state index in [4.69, 9.17) is 11.6 Å². The second kappa shape index (κ2) is 8.44. The summed E-state index contributed by atoms with van der Waals surface area (Å²) in [6.07, 6.45) is 3.38. The van der Waals surface area contributed by atoms with Gasteiger partial charge in [-0.3, -0.25) is 9.59 Å². The Bertz CT molecular complexity index is 545. The number of nitrogens with zero attached hydrogens (tertiary/aromatic N) is 1. The third-order valence-electron chi connectivity index (χ3n) is 3.57. The maximum Gasteiger partial charge on any atom is 0.234 e. The van der Waals surface area contributed by atoms with Crippen LogP contribution in [0.2, 0.25) is 5.02 Å². The van der Waals surface area contributed by atoms with Gasteiger partial charge in [0.15, 0.2) is 0 Å². The van der Waals surface area contributed by atoms with Crippen LogP contribution in [0.4, 0.5) is 5.69 Å². The lowest BCUT2D eigenvalue weighted by Gasteiger charge is -2.26. The molecule has 4 nitrogen and oxygen atoms in total. The van der Waals surface area contributed by atoms with E-state index in [0.717, 1.165) is 31.5 Å². The summed E-state index contributed by atoms with van der Waals surface area (Å²) < 4.78 is 0.